The summed E-state index contributed by atoms with van der Waals surface area (Å²) in [5, 5.41) is 13.5. The molecule has 0 radical (unpaired) electrons. The molecule has 0 saturated carbocycles. The molecule has 2 aromatic rings. The van der Waals surface area contributed by atoms with Crippen molar-refractivity contribution in [2.75, 3.05) is 5.32 Å². The summed E-state index contributed by atoms with van der Waals surface area (Å²) in [4.78, 5) is 0. The van der Waals surface area contributed by atoms with E-state index in [4.69, 9.17) is 0 Å². The van der Waals surface area contributed by atoms with Crippen LogP contribution in [-0.2, 0) is 0 Å². The second-order valence-electron chi connectivity index (χ2n) is 4.84. The Bertz CT molecular complexity index is 595. The molecule has 0 aromatic heterocycles. The monoisotopic (exact) mass is 319 g/mol. The van der Waals surface area contributed by atoms with Crippen molar-refractivity contribution in [1.82, 2.24) is 0 Å². The molecule has 0 saturated heterocycles. The van der Waals surface area contributed by atoms with Crippen LogP contribution < -0.4 is 5.32 Å². The summed E-state index contributed by atoms with van der Waals surface area (Å²) in [5.41, 5.74) is 4.21. The maximum absolute atomic E-state index is 10.0. The number of hydrogen-bond donors (Lipinski definition) is 2. The molecule has 0 fully saturated rings. The van der Waals surface area contributed by atoms with Crippen LogP contribution in [0.4, 0.5) is 5.69 Å². The largest absolute Gasteiger partial charge is 0.508 e. The first-order chi connectivity index (χ1) is 8.99. The molecule has 0 heterocycles. The number of nitrogens with one attached hydrogen (secondary N) is 1. The van der Waals surface area contributed by atoms with Gasteiger partial charge in [0.15, 0.2) is 0 Å². The summed E-state index contributed by atoms with van der Waals surface area (Å²) in [5.74, 6) is 0.340. The average molecular weight is 320 g/mol. The zero-order chi connectivity index (χ0) is 14.0. The van der Waals surface area contributed by atoms with Gasteiger partial charge in [-0.1, -0.05) is 34.1 Å². The molecule has 2 aromatic carbocycles. The Hall–Kier alpha value is -1.48. The highest BCUT2D eigenvalue weighted by Crippen LogP contribution is 2.30. The van der Waals surface area contributed by atoms with E-state index in [2.05, 4.69) is 28.2 Å². The predicted octanol–water partition coefficient (Wildman–Crippen LogP) is 4.94. The quantitative estimate of drug-likeness (QED) is 0.839. The van der Waals surface area contributed by atoms with Gasteiger partial charge in [0.2, 0.25) is 0 Å². The molecule has 0 bridgehead atoms. The molecule has 0 aliphatic heterocycles. The fourth-order valence-corrected chi connectivity index (χ4v) is 2.46. The average Bonchev–Trinajstić information content (AvgIpc) is 2.34. The van der Waals surface area contributed by atoms with Gasteiger partial charge >= 0.3 is 0 Å². The molecule has 0 spiro atoms. The smallest absolute Gasteiger partial charge is 0.121 e. The van der Waals surface area contributed by atoms with Crippen molar-refractivity contribution in [3.05, 3.63) is 57.6 Å². The van der Waals surface area contributed by atoms with Crippen LogP contribution >= 0.6 is 15.9 Å². The Morgan fingerprint density at radius 3 is 2.58 bits per heavy atom. The number of aryl methyl sites for hydroxylation is 1. The molecule has 2 N–H and O–H groups in total. The van der Waals surface area contributed by atoms with E-state index in [1.165, 1.54) is 5.56 Å². The minimum atomic E-state index is 0.0496. The molecule has 1 atom stereocenters. The van der Waals surface area contributed by atoms with Gasteiger partial charge in [-0.25, -0.2) is 0 Å². The first-order valence-electron chi connectivity index (χ1n) is 6.30. The number of halogens is 1. The molecule has 0 aliphatic rings. The standard InChI is InChI=1S/C16H18BrNO/c1-10-7-8-13(16(19)9-10)12(3)18-15-6-4-5-14(17)11(15)2/h4-9,12,18-19H,1-3H3. The Morgan fingerprint density at radius 1 is 1.16 bits per heavy atom. The lowest BCUT2D eigenvalue weighted by atomic mass is 10.0. The second-order valence-corrected chi connectivity index (χ2v) is 5.70. The molecular formula is C16H18BrNO. The fourth-order valence-electron chi connectivity index (χ4n) is 2.09. The highest BCUT2D eigenvalue weighted by molar-refractivity contribution is 9.10. The van der Waals surface area contributed by atoms with Gasteiger partial charge in [0, 0.05) is 15.7 Å². The zero-order valence-electron chi connectivity index (χ0n) is 11.4. The summed E-state index contributed by atoms with van der Waals surface area (Å²) in [7, 11) is 0. The van der Waals surface area contributed by atoms with Gasteiger partial charge in [0.05, 0.1) is 6.04 Å². The predicted molar refractivity (Wildman–Crippen MR) is 83.8 cm³/mol. The van der Waals surface area contributed by atoms with Crippen molar-refractivity contribution < 1.29 is 5.11 Å². The Balaban J connectivity index is 2.25. The molecule has 100 valence electrons. The number of rotatable bonds is 3. The summed E-state index contributed by atoms with van der Waals surface area (Å²) in [6.45, 7) is 6.08. The third kappa shape index (κ3) is 3.10. The summed E-state index contributed by atoms with van der Waals surface area (Å²) >= 11 is 3.53. The van der Waals surface area contributed by atoms with Crippen molar-refractivity contribution in [2.24, 2.45) is 0 Å². The lowest BCUT2D eigenvalue weighted by Gasteiger charge is -2.19. The van der Waals surface area contributed by atoms with E-state index in [1.807, 2.05) is 44.2 Å². The van der Waals surface area contributed by atoms with E-state index in [0.717, 1.165) is 21.3 Å². The van der Waals surface area contributed by atoms with Gasteiger partial charge in [-0.3, -0.25) is 0 Å². The van der Waals surface area contributed by atoms with Crippen molar-refractivity contribution in [2.45, 2.75) is 26.8 Å². The van der Waals surface area contributed by atoms with Crippen LogP contribution in [0, 0.1) is 13.8 Å². The lowest BCUT2D eigenvalue weighted by Crippen LogP contribution is -2.08. The number of hydrogen-bond acceptors (Lipinski definition) is 2. The van der Waals surface area contributed by atoms with Crippen molar-refractivity contribution in [1.29, 1.82) is 0 Å². The normalized spacial score (nSPS) is 12.2. The van der Waals surface area contributed by atoms with Gasteiger partial charge in [0.25, 0.3) is 0 Å². The third-order valence-corrected chi connectivity index (χ3v) is 4.15. The Morgan fingerprint density at radius 2 is 1.89 bits per heavy atom. The number of anilines is 1. The maximum Gasteiger partial charge on any atom is 0.121 e. The first-order valence-corrected chi connectivity index (χ1v) is 7.09. The van der Waals surface area contributed by atoms with Crippen LogP contribution in [0.15, 0.2) is 40.9 Å². The SMILES string of the molecule is Cc1ccc(C(C)Nc2cccc(Br)c2C)c(O)c1. The highest BCUT2D eigenvalue weighted by Gasteiger charge is 2.11. The number of aromatic hydroxyl groups is 1. The fraction of sp³-hybridized carbons (Fsp3) is 0.250. The third-order valence-electron chi connectivity index (χ3n) is 3.29. The van der Waals surface area contributed by atoms with Gasteiger partial charge in [-0.15, -0.1) is 0 Å². The second kappa shape index (κ2) is 5.66. The Labute approximate surface area is 122 Å². The van der Waals surface area contributed by atoms with Crippen LogP contribution in [0.3, 0.4) is 0 Å². The number of benzene rings is 2. The van der Waals surface area contributed by atoms with Gasteiger partial charge in [0.1, 0.15) is 5.75 Å². The van der Waals surface area contributed by atoms with Crippen molar-refractivity contribution >= 4 is 21.6 Å². The van der Waals surface area contributed by atoms with Crippen molar-refractivity contribution in [3.8, 4) is 5.75 Å². The molecule has 19 heavy (non-hydrogen) atoms. The van der Waals surface area contributed by atoms with Crippen LogP contribution in [0.2, 0.25) is 0 Å². The van der Waals surface area contributed by atoms with Gasteiger partial charge in [-0.05, 0) is 50.1 Å². The summed E-state index contributed by atoms with van der Waals surface area (Å²) in [6, 6.07) is 11.9. The zero-order valence-corrected chi connectivity index (χ0v) is 13.0. The topological polar surface area (TPSA) is 32.3 Å². The molecule has 0 amide bonds. The lowest BCUT2D eigenvalue weighted by molar-refractivity contribution is 0.465. The van der Waals surface area contributed by atoms with E-state index < -0.39 is 0 Å². The molecule has 1 unspecified atom stereocenters. The van der Waals surface area contributed by atoms with Crippen LogP contribution in [-0.4, -0.2) is 5.11 Å². The molecule has 2 rings (SSSR count). The van der Waals surface area contributed by atoms with E-state index in [9.17, 15) is 5.11 Å². The van der Waals surface area contributed by atoms with E-state index in [1.54, 1.807) is 6.07 Å². The Kier molecular flexibility index (Phi) is 4.15. The van der Waals surface area contributed by atoms with E-state index in [-0.39, 0.29) is 6.04 Å². The van der Waals surface area contributed by atoms with E-state index in [0.29, 0.717) is 5.75 Å². The maximum atomic E-state index is 10.0. The van der Waals surface area contributed by atoms with Crippen molar-refractivity contribution in [3.63, 3.8) is 0 Å². The molecule has 0 aliphatic carbocycles. The van der Waals surface area contributed by atoms with Gasteiger partial charge in [-0.2, -0.15) is 0 Å². The van der Waals surface area contributed by atoms with Crippen LogP contribution in [0.25, 0.3) is 0 Å². The first kappa shape index (κ1) is 13.9. The van der Waals surface area contributed by atoms with Crippen LogP contribution in [0.1, 0.15) is 29.7 Å². The highest BCUT2D eigenvalue weighted by atomic mass is 79.9. The minimum Gasteiger partial charge on any atom is -0.508 e. The molecule has 3 heteroatoms. The van der Waals surface area contributed by atoms with E-state index >= 15 is 0 Å². The summed E-state index contributed by atoms with van der Waals surface area (Å²) in [6.07, 6.45) is 0. The number of phenols is 1. The number of phenolic OH excluding ortho intramolecular Hbond substituents is 1. The minimum absolute atomic E-state index is 0.0496. The van der Waals surface area contributed by atoms with Gasteiger partial charge < -0.3 is 10.4 Å². The molecule has 2 nitrogen and oxygen atoms in total. The molecular weight excluding hydrogens is 302 g/mol. The van der Waals surface area contributed by atoms with Crippen LogP contribution in [0.5, 0.6) is 5.75 Å². The summed E-state index contributed by atoms with van der Waals surface area (Å²) < 4.78 is 1.08.